The Bertz CT molecular complexity index is 537. The van der Waals surface area contributed by atoms with Crippen molar-refractivity contribution in [3.05, 3.63) is 50.1 Å². The van der Waals surface area contributed by atoms with Gasteiger partial charge in [-0.15, -0.1) is 11.3 Å². The molecule has 0 amide bonds. The summed E-state index contributed by atoms with van der Waals surface area (Å²) in [5, 5.41) is 23.0. The molecule has 3 nitrogen and oxygen atoms in total. The molecule has 0 bridgehead atoms. The van der Waals surface area contributed by atoms with E-state index >= 15 is 0 Å². The zero-order valence-electron chi connectivity index (χ0n) is 10.7. The Balaban J connectivity index is 2.11. The number of hydrogen-bond acceptors (Lipinski definition) is 3. The fraction of sp³-hybridized carbons (Fsp3) is 0.286. The lowest BCUT2D eigenvalue weighted by atomic mass is 10.2. The maximum atomic E-state index is 11.5. The van der Waals surface area contributed by atoms with Crippen LogP contribution in [0.4, 0.5) is 0 Å². The number of benzene rings is 1. The number of aliphatic hydroxyl groups is 1. The molecule has 0 fully saturated rings. The third-order valence-corrected chi connectivity index (χ3v) is 4.42. The molecule has 0 saturated heterocycles. The molecule has 0 aliphatic heterocycles. The first-order valence-corrected chi connectivity index (χ1v) is 7.85. The van der Waals surface area contributed by atoms with Crippen molar-refractivity contribution in [3.8, 4) is 5.75 Å². The molecule has 1 atom stereocenters. The number of nitrogens with one attached hydrogen (secondary N) is 1. The second-order valence-electron chi connectivity index (χ2n) is 4.55. The van der Waals surface area contributed by atoms with Gasteiger partial charge in [0, 0.05) is 15.6 Å². The van der Waals surface area contributed by atoms with Crippen molar-refractivity contribution in [2.24, 2.45) is 0 Å². The second kappa shape index (κ2) is 7.29. The van der Waals surface area contributed by atoms with Gasteiger partial charge in [0.25, 0.3) is 0 Å². The summed E-state index contributed by atoms with van der Waals surface area (Å²) in [6.07, 6.45) is 0. The van der Waals surface area contributed by atoms with E-state index in [9.17, 15) is 10.2 Å². The van der Waals surface area contributed by atoms with Crippen molar-refractivity contribution < 1.29 is 15.1 Å². The normalized spacial score (nSPS) is 12.6. The van der Waals surface area contributed by atoms with Gasteiger partial charge in [-0.3, -0.25) is 0 Å². The van der Waals surface area contributed by atoms with Crippen LogP contribution in [0.3, 0.4) is 0 Å². The average molecular weight is 332 g/mol. The highest BCUT2D eigenvalue weighted by Gasteiger charge is 2.12. The maximum Gasteiger partial charge on any atom is 0.112 e. The number of thiophene rings is 1. The standard InChI is InChI=1S/C14H15Cl2NO2S/c15-12-6-10(7-13(16)14(12)19)8-17(3-4-18)9-11-2-1-5-20-11/h1-2,5-7,18-19H,3-4,8-9H2. The number of hydrogen-bond donors (Lipinski definition) is 2. The molecule has 0 aliphatic rings. The largest absolute Gasteiger partial charge is 0.870 e. The van der Waals surface area contributed by atoms with Gasteiger partial charge in [0.2, 0.25) is 0 Å². The molecule has 2 N–H and O–H groups in total. The summed E-state index contributed by atoms with van der Waals surface area (Å²) in [6, 6.07) is 7.39. The van der Waals surface area contributed by atoms with Gasteiger partial charge < -0.3 is 15.1 Å². The Kier molecular flexibility index (Phi) is 5.69. The Hall–Kier alpha value is -0.780. The molecule has 1 unspecified atom stereocenters. The molecular formula is C14H15Cl2NO2S. The Morgan fingerprint density at radius 3 is 2.45 bits per heavy atom. The van der Waals surface area contributed by atoms with Gasteiger partial charge in [-0.1, -0.05) is 35.0 Å². The SMILES string of the molecule is [O-]c1c(Cl)cc(C[NH+](CCO)Cc2cccs2)cc1Cl. The molecule has 6 heteroatoms. The molecule has 1 aromatic carbocycles. The Morgan fingerprint density at radius 2 is 1.90 bits per heavy atom. The highest BCUT2D eigenvalue weighted by molar-refractivity contribution is 7.09. The van der Waals surface area contributed by atoms with E-state index in [2.05, 4.69) is 6.07 Å². The molecule has 0 radical (unpaired) electrons. The quantitative estimate of drug-likeness (QED) is 0.846. The van der Waals surface area contributed by atoms with E-state index in [1.54, 1.807) is 23.5 Å². The van der Waals surface area contributed by atoms with Crippen LogP contribution in [0.15, 0.2) is 29.6 Å². The number of rotatable bonds is 6. The number of aliphatic hydroxyl groups excluding tert-OH is 1. The summed E-state index contributed by atoms with van der Waals surface area (Å²) in [5.74, 6) is -0.334. The molecule has 2 aromatic rings. The van der Waals surface area contributed by atoms with Crippen LogP contribution in [0.2, 0.25) is 10.0 Å². The zero-order valence-corrected chi connectivity index (χ0v) is 13.1. The average Bonchev–Trinajstić information content (AvgIpc) is 2.89. The lowest BCUT2D eigenvalue weighted by Gasteiger charge is -2.19. The van der Waals surface area contributed by atoms with Crippen molar-refractivity contribution in [2.75, 3.05) is 13.2 Å². The molecule has 1 aromatic heterocycles. The molecule has 20 heavy (non-hydrogen) atoms. The van der Waals surface area contributed by atoms with E-state index in [-0.39, 0.29) is 22.4 Å². The van der Waals surface area contributed by atoms with Crippen LogP contribution in [0, 0.1) is 0 Å². The highest BCUT2D eigenvalue weighted by atomic mass is 35.5. The first kappa shape index (κ1) is 15.6. The van der Waals surface area contributed by atoms with Crippen molar-refractivity contribution in [1.82, 2.24) is 0 Å². The van der Waals surface area contributed by atoms with Crippen molar-refractivity contribution in [1.29, 1.82) is 0 Å². The molecule has 108 valence electrons. The van der Waals surface area contributed by atoms with Crippen LogP contribution < -0.4 is 10.0 Å². The summed E-state index contributed by atoms with van der Waals surface area (Å²) in [4.78, 5) is 2.45. The van der Waals surface area contributed by atoms with Crippen LogP contribution in [-0.4, -0.2) is 18.3 Å². The van der Waals surface area contributed by atoms with Gasteiger partial charge in [0.1, 0.15) is 19.6 Å². The van der Waals surface area contributed by atoms with Crippen molar-refractivity contribution in [2.45, 2.75) is 13.1 Å². The molecular weight excluding hydrogens is 317 g/mol. The molecule has 0 saturated carbocycles. The molecule has 0 spiro atoms. The third kappa shape index (κ3) is 4.11. The van der Waals surface area contributed by atoms with Crippen molar-refractivity contribution >= 4 is 34.5 Å². The monoisotopic (exact) mass is 331 g/mol. The summed E-state index contributed by atoms with van der Waals surface area (Å²) >= 11 is 13.4. The molecule has 0 aliphatic carbocycles. The minimum Gasteiger partial charge on any atom is -0.870 e. The summed E-state index contributed by atoms with van der Waals surface area (Å²) in [7, 11) is 0. The molecule has 1 heterocycles. The second-order valence-corrected chi connectivity index (χ2v) is 6.39. The maximum absolute atomic E-state index is 11.5. The van der Waals surface area contributed by atoms with E-state index in [1.807, 2.05) is 11.4 Å². The van der Waals surface area contributed by atoms with Crippen molar-refractivity contribution in [3.63, 3.8) is 0 Å². The minimum atomic E-state index is -0.334. The Morgan fingerprint density at radius 1 is 1.20 bits per heavy atom. The Labute approximate surface area is 132 Å². The predicted octanol–water partition coefficient (Wildman–Crippen LogP) is 1.71. The first-order chi connectivity index (χ1) is 9.60. The van der Waals surface area contributed by atoms with Crippen LogP contribution in [0.25, 0.3) is 0 Å². The van der Waals surface area contributed by atoms with E-state index in [1.165, 1.54) is 9.78 Å². The lowest BCUT2D eigenvalue weighted by Crippen LogP contribution is -3.09. The first-order valence-electron chi connectivity index (χ1n) is 6.22. The van der Waals surface area contributed by atoms with E-state index < -0.39 is 0 Å². The number of quaternary nitrogens is 1. The number of halogens is 2. The van der Waals surface area contributed by atoms with Crippen LogP contribution in [0.5, 0.6) is 5.75 Å². The van der Waals surface area contributed by atoms with E-state index in [4.69, 9.17) is 23.2 Å². The van der Waals surface area contributed by atoms with Crippen LogP contribution in [-0.2, 0) is 13.1 Å². The fourth-order valence-corrected chi connectivity index (χ4v) is 3.37. The van der Waals surface area contributed by atoms with Gasteiger partial charge in [0.05, 0.1) is 11.5 Å². The van der Waals surface area contributed by atoms with Gasteiger partial charge in [-0.25, -0.2) is 0 Å². The lowest BCUT2D eigenvalue weighted by molar-refractivity contribution is -0.927. The fourth-order valence-electron chi connectivity index (χ4n) is 2.06. The summed E-state index contributed by atoms with van der Waals surface area (Å²) in [5.41, 5.74) is 0.902. The molecule has 2 rings (SSSR count). The van der Waals surface area contributed by atoms with Crippen LogP contribution >= 0.6 is 34.5 Å². The highest BCUT2D eigenvalue weighted by Crippen LogP contribution is 2.30. The zero-order chi connectivity index (χ0) is 14.5. The van der Waals surface area contributed by atoms with Gasteiger partial charge in [-0.05, 0) is 23.6 Å². The summed E-state index contributed by atoms with van der Waals surface area (Å²) in [6.45, 7) is 2.23. The van der Waals surface area contributed by atoms with Gasteiger partial charge in [0.15, 0.2) is 0 Å². The van der Waals surface area contributed by atoms with Gasteiger partial charge >= 0.3 is 0 Å². The smallest absolute Gasteiger partial charge is 0.112 e. The minimum absolute atomic E-state index is 0.113. The van der Waals surface area contributed by atoms with Crippen LogP contribution in [0.1, 0.15) is 10.4 Å². The topological polar surface area (TPSA) is 47.7 Å². The third-order valence-electron chi connectivity index (χ3n) is 2.98. The summed E-state index contributed by atoms with van der Waals surface area (Å²) < 4.78 is 0. The van der Waals surface area contributed by atoms with E-state index in [0.29, 0.717) is 13.1 Å². The van der Waals surface area contributed by atoms with Gasteiger partial charge in [-0.2, -0.15) is 0 Å². The van der Waals surface area contributed by atoms with E-state index in [0.717, 1.165) is 12.1 Å². The predicted molar refractivity (Wildman–Crippen MR) is 80.6 cm³/mol.